The number of anilines is 1. The van der Waals surface area contributed by atoms with E-state index in [1.54, 1.807) is 36.4 Å². The highest BCUT2D eigenvalue weighted by molar-refractivity contribution is 6.43. The Morgan fingerprint density at radius 3 is 1.47 bits per heavy atom. The lowest BCUT2D eigenvalue weighted by Crippen LogP contribution is -1.87. The Bertz CT molecular complexity index is 1720. The highest BCUT2D eigenvalue weighted by atomic mass is 35.5. The molecule has 2 heterocycles. The third-order valence-corrected chi connectivity index (χ3v) is 7.03. The monoisotopic (exact) mass is 584 g/mol. The zero-order valence-electron chi connectivity index (χ0n) is 19.2. The van der Waals surface area contributed by atoms with Crippen molar-refractivity contribution in [2.75, 3.05) is 5.73 Å². The number of nitrogens with zero attached hydrogens (tertiary/aromatic N) is 3. The summed E-state index contributed by atoms with van der Waals surface area (Å²) in [7, 11) is 0. The van der Waals surface area contributed by atoms with E-state index < -0.39 is 4.92 Å². The van der Waals surface area contributed by atoms with Crippen LogP contribution in [0.3, 0.4) is 0 Å². The van der Waals surface area contributed by atoms with Crippen molar-refractivity contribution in [2.45, 2.75) is 0 Å². The summed E-state index contributed by atoms with van der Waals surface area (Å²) in [5, 5.41) is 12.5. The molecule has 8 nitrogen and oxygen atoms in total. The molecule has 0 aliphatic rings. The number of nitrogens with one attached hydrogen (secondary N) is 2. The average Bonchev–Trinajstić information content (AvgIpc) is 3.49. The van der Waals surface area contributed by atoms with Crippen molar-refractivity contribution in [1.29, 1.82) is 0 Å². The molecule has 0 fully saturated rings. The Morgan fingerprint density at radius 1 is 0.658 bits per heavy atom. The molecule has 2 aromatic heterocycles. The van der Waals surface area contributed by atoms with Crippen LogP contribution in [-0.4, -0.2) is 24.9 Å². The van der Waals surface area contributed by atoms with Crippen molar-refractivity contribution < 1.29 is 4.92 Å². The number of nitrogen functional groups attached to an aromatic ring is 1. The lowest BCUT2D eigenvalue weighted by atomic mass is 10.2. The van der Waals surface area contributed by atoms with Gasteiger partial charge >= 0.3 is 0 Å². The molecule has 0 spiro atoms. The molecule has 0 atom stereocenters. The van der Waals surface area contributed by atoms with E-state index in [-0.39, 0.29) is 5.69 Å². The van der Waals surface area contributed by atoms with Gasteiger partial charge in [0.05, 0.1) is 47.1 Å². The Morgan fingerprint density at radius 2 is 1.05 bits per heavy atom. The molecule has 0 bridgehead atoms. The number of hydrogen-bond donors (Lipinski definition) is 3. The minimum atomic E-state index is -0.442. The first-order chi connectivity index (χ1) is 18.2. The molecule has 4 N–H and O–H groups in total. The molecule has 0 saturated carbocycles. The smallest absolute Gasteiger partial charge is 0.269 e. The van der Waals surface area contributed by atoms with Crippen LogP contribution in [0.4, 0.5) is 11.4 Å². The van der Waals surface area contributed by atoms with Gasteiger partial charge in [0.1, 0.15) is 11.6 Å². The summed E-state index contributed by atoms with van der Waals surface area (Å²) in [5.74, 6) is 1.37. The summed E-state index contributed by atoms with van der Waals surface area (Å²) in [6, 6.07) is 20.5. The number of non-ortho nitro benzene ring substituents is 1. The molecule has 190 valence electrons. The SMILES string of the molecule is Nc1ccc(-c2nc3cc(Cl)c(Cl)cc3[nH]2)cc1.O=[N+]([O-])c1ccc(-c2nc3cc(Cl)c(Cl)cc3[nH]2)cc1. The number of H-pyrrole nitrogens is 2. The first-order valence-corrected chi connectivity index (χ1v) is 12.5. The van der Waals surface area contributed by atoms with Crippen LogP contribution in [0.15, 0.2) is 72.8 Å². The normalized spacial score (nSPS) is 10.9. The Balaban J connectivity index is 0.000000156. The largest absolute Gasteiger partial charge is 0.399 e. The fraction of sp³-hybridized carbons (Fsp3) is 0. The standard InChI is InChI=1S/C13H7Cl2N3O2.C13H9Cl2N3/c14-9-5-11-12(6-10(9)15)17-13(16-11)7-1-3-8(4-2-7)18(19)20;14-9-5-11-12(6-10(9)15)18-13(17-11)7-1-3-8(16)4-2-7/h1-6H,(H,16,17);1-6H,16H2,(H,17,18). The number of benzene rings is 4. The van der Waals surface area contributed by atoms with Crippen LogP contribution in [0.1, 0.15) is 0 Å². The second-order valence-electron chi connectivity index (χ2n) is 8.16. The number of hydrogen-bond acceptors (Lipinski definition) is 5. The van der Waals surface area contributed by atoms with Gasteiger partial charge in [-0.15, -0.1) is 0 Å². The minimum Gasteiger partial charge on any atom is -0.399 e. The summed E-state index contributed by atoms with van der Waals surface area (Å²) in [6.07, 6.45) is 0. The van der Waals surface area contributed by atoms with Crippen molar-refractivity contribution >= 4 is 79.8 Å². The van der Waals surface area contributed by atoms with Crippen LogP contribution in [0.25, 0.3) is 44.8 Å². The maximum atomic E-state index is 10.6. The number of aromatic amines is 2. The van der Waals surface area contributed by atoms with Crippen molar-refractivity contribution in [1.82, 2.24) is 19.9 Å². The highest BCUT2D eigenvalue weighted by Crippen LogP contribution is 2.30. The van der Waals surface area contributed by atoms with Gasteiger partial charge in [0.25, 0.3) is 5.69 Å². The van der Waals surface area contributed by atoms with E-state index in [0.29, 0.717) is 31.4 Å². The molecular formula is C26H16Cl4N6O2. The van der Waals surface area contributed by atoms with Crippen molar-refractivity contribution in [3.05, 3.63) is 103 Å². The van der Waals surface area contributed by atoms with Gasteiger partial charge in [-0.2, -0.15) is 0 Å². The summed E-state index contributed by atoms with van der Waals surface area (Å²) >= 11 is 23.8. The second-order valence-corrected chi connectivity index (χ2v) is 9.79. The molecule has 6 rings (SSSR count). The molecule has 0 radical (unpaired) electrons. The van der Waals surface area contributed by atoms with Gasteiger partial charge in [-0.25, -0.2) is 9.97 Å². The summed E-state index contributed by atoms with van der Waals surface area (Å²) in [5.41, 5.74) is 11.2. The van der Waals surface area contributed by atoms with Crippen LogP contribution in [-0.2, 0) is 0 Å². The maximum absolute atomic E-state index is 10.6. The van der Waals surface area contributed by atoms with E-state index in [1.807, 2.05) is 24.3 Å². The summed E-state index contributed by atoms with van der Waals surface area (Å²) < 4.78 is 0. The Hall–Kier alpha value is -3.82. The highest BCUT2D eigenvalue weighted by Gasteiger charge is 2.11. The predicted octanol–water partition coefficient (Wildman–Crippen LogP) is 8.56. The van der Waals surface area contributed by atoms with Crippen LogP contribution >= 0.6 is 46.4 Å². The zero-order chi connectivity index (χ0) is 27.0. The number of nitro benzene ring substituents is 1. The first-order valence-electron chi connectivity index (χ1n) is 11.0. The van der Waals surface area contributed by atoms with E-state index in [2.05, 4.69) is 19.9 Å². The van der Waals surface area contributed by atoms with Gasteiger partial charge in [-0.3, -0.25) is 10.1 Å². The minimum absolute atomic E-state index is 0.0379. The van der Waals surface area contributed by atoms with Gasteiger partial charge in [0.15, 0.2) is 0 Å². The molecule has 0 saturated heterocycles. The summed E-state index contributed by atoms with van der Waals surface area (Å²) in [4.78, 5) is 25.3. The van der Waals surface area contributed by atoms with Crippen molar-refractivity contribution in [3.63, 3.8) is 0 Å². The quantitative estimate of drug-likeness (QED) is 0.109. The fourth-order valence-corrected chi connectivity index (χ4v) is 4.31. The van der Waals surface area contributed by atoms with Gasteiger partial charge < -0.3 is 15.7 Å². The van der Waals surface area contributed by atoms with Crippen LogP contribution in [0, 0.1) is 10.1 Å². The van der Waals surface area contributed by atoms with Gasteiger partial charge in [0, 0.05) is 28.9 Å². The second kappa shape index (κ2) is 10.5. The van der Waals surface area contributed by atoms with Crippen LogP contribution in [0.5, 0.6) is 0 Å². The van der Waals surface area contributed by atoms with Crippen molar-refractivity contribution in [2.24, 2.45) is 0 Å². The number of aromatic nitrogens is 4. The van der Waals surface area contributed by atoms with Gasteiger partial charge in [-0.05, 0) is 60.7 Å². The topological polar surface area (TPSA) is 127 Å². The van der Waals surface area contributed by atoms with Gasteiger partial charge in [0.2, 0.25) is 0 Å². The van der Waals surface area contributed by atoms with Crippen molar-refractivity contribution in [3.8, 4) is 22.8 Å². The molecule has 38 heavy (non-hydrogen) atoms. The molecule has 6 aromatic rings. The van der Waals surface area contributed by atoms with E-state index in [9.17, 15) is 10.1 Å². The number of fused-ring (bicyclic) bond motifs is 2. The van der Waals surface area contributed by atoms with Crippen LogP contribution in [0.2, 0.25) is 20.1 Å². The predicted molar refractivity (Wildman–Crippen MR) is 154 cm³/mol. The number of nitro groups is 1. The molecule has 0 unspecified atom stereocenters. The molecule has 0 aliphatic carbocycles. The lowest BCUT2D eigenvalue weighted by molar-refractivity contribution is -0.384. The molecule has 4 aromatic carbocycles. The third-order valence-electron chi connectivity index (χ3n) is 5.58. The third kappa shape index (κ3) is 5.39. The zero-order valence-corrected chi connectivity index (χ0v) is 22.2. The number of rotatable bonds is 3. The number of nitrogens with two attached hydrogens (primary N) is 1. The average molecular weight is 586 g/mol. The molecule has 0 aliphatic heterocycles. The summed E-state index contributed by atoms with van der Waals surface area (Å²) in [6.45, 7) is 0. The fourth-order valence-electron chi connectivity index (χ4n) is 3.67. The first kappa shape index (κ1) is 25.8. The van der Waals surface area contributed by atoms with Crippen LogP contribution < -0.4 is 5.73 Å². The van der Waals surface area contributed by atoms with E-state index in [1.165, 1.54) is 12.1 Å². The Kier molecular flexibility index (Phi) is 7.14. The van der Waals surface area contributed by atoms with E-state index in [0.717, 1.165) is 39.2 Å². The maximum Gasteiger partial charge on any atom is 0.269 e. The lowest BCUT2D eigenvalue weighted by Gasteiger charge is -1.96. The molecule has 12 heteroatoms. The van der Waals surface area contributed by atoms with E-state index in [4.69, 9.17) is 52.1 Å². The number of halogens is 4. The molecule has 0 amide bonds. The molecular weight excluding hydrogens is 570 g/mol. The number of imidazole rings is 2. The van der Waals surface area contributed by atoms with Gasteiger partial charge in [-0.1, -0.05) is 46.4 Å². The Labute approximate surface area is 235 Å². The van der Waals surface area contributed by atoms with E-state index >= 15 is 0 Å².